The number of rotatable bonds is 5. The molecule has 1 aliphatic rings. The van der Waals surface area contributed by atoms with E-state index >= 15 is 0 Å². The van der Waals surface area contributed by atoms with Crippen molar-refractivity contribution in [2.45, 2.75) is 38.0 Å². The molecule has 0 saturated heterocycles. The number of halogens is 1. The summed E-state index contributed by atoms with van der Waals surface area (Å²) < 4.78 is 4.79. The Bertz CT molecular complexity index is 155. The summed E-state index contributed by atoms with van der Waals surface area (Å²) in [6.45, 7) is 2.28. The lowest BCUT2D eigenvalue weighted by Crippen LogP contribution is -2.08. The van der Waals surface area contributed by atoms with Gasteiger partial charge in [0, 0.05) is 11.8 Å². The van der Waals surface area contributed by atoms with E-state index in [9.17, 15) is 4.79 Å². The van der Waals surface area contributed by atoms with Crippen LogP contribution in [0.25, 0.3) is 0 Å². The Morgan fingerprint density at radius 3 is 2.83 bits per heavy atom. The molecule has 12 heavy (non-hydrogen) atoms. The van der Waals surface area contributed by atoms with Crippen molar-refractivity contribution in [2.24, 2.45) is 5.92 Å². The minimum absolute atomic E-state index is 0.121. The van der Waals surface area contributed by atoms with Gasteiger partial charge in [-0.25, -0.2) is 0 Å². The van der Waals surface area contributed by atoms with E-state index in [2.05, 4.69) is 0 Å². The average molecular weight is 191 g/mol. The molecule has 0 heterocycles. The lowest BCUT2D eigenvalue weighted by molar-refractivity contribution is -0.143. The molecule has 1 rings (SSSR count). The SMILES string of the molecule is CCOC(=O)CCC(Cl)C1CC1. The van der Waals surface area contributed by atoms with Crippen LogP contribution in [0.5, 0.6) is 0 Å². The van der Waals surface area contributed by atoms with Gasteiger partial charge in [-0.1, -0.05) is 0 Å². The summed E-state index contributed by atoms with van der Waals surface area (Å²) in [6, 6.07) is 0. The highest BCUT2D eigenvalue weighted by atomic mass is 35.5. The summed E-state index contributed by atoms with van der Waals surface area (Å²) in [6.07, 6.45) is 3.71. The van der Waals surface area contributed by atoms with Crippen molar-refractivity contribution in [3.8, 4) is 0 Å². The molecule has 0 amide bonds. The lowest BCUT2D eigenvalue weighted by Gasteiger charge is -2.06. The Morgan fingerprint density at radius 2 is 2.33 bits per heavy atom. The number of esters is 1. The molecular formula is C9H15ClO2. The van der Waals surface area contributed by atoms with Crippen LogP contribution in [0.15, 0.2) is 0 Å². The fourth-order valence-electron chi connectivity index (χ4n) is 1.18. The second-order valence-electron chi connectivity index (χ2n) is 3.20. The van der Waals surface area contributed by atoms with E-state index in [-0.39, 0.29) is 11.3 Å². The predicted molar refractivity (Wildman–Crippen MR) is 48.2 cm³/mol. The standard InChI is InChI=1S/C9H15ClO2/c1-2-12-9(11)6-5-8(10)7-3-4-7/h7-8H,2-6H2,1H3. The molecule has 0 N–H and O–H groups in total. The zero-order valence-corrected chi connectivity index (χ0v) is 8.14. The van der Waals surface area contributed by atoms with Gasteiger partial charge in [-0.05, 0) is 32.1 Å². The Balaban J connectivity index is 2.03. The topological polar surface area (TPSA) is 26.3 Å². The lowest BCUT2D eigenvalue weighted by atomic mass is 10.2. The van der Waals surface area contributed by atoms with Gasteiger partial charge in [0.25, 0.3) is 0 Å². The molecule has 3 heteroatoms. The number of carbonyl (C=O) groups is 1. The van der Waals surface area contributed by atoms with Crippen molar-refractivity contribution in [1.82, 2.24) is 0 Å². The van der Waals surface area contributed by atoms with Crippen LogP contribution in [0.1, 0.15) is 32.6 Å². The highest BCUT2D eigenvalue weighted by molar-refractivity contribution is 6.21. The highest BCUT2D eigenvalue weighted by Gasteiger charge is 2.29. The first-order chi connectivity index (χ1) is 5.74. The Morgan fingerprint density at radius 1 is 1.67 bits per heavy atom. The normalized spacial score (nSPS) is 18.8. The van der Waals surface area contributed by atoms with Crippen LogP contribution in [-0.4, -0.2) is 18.0 Å². The van der Waals surface area contributed by atoms with E-state index < -0.39 is 0 Å². The number of alkyl halides is 1. The van der Waals surface area contributed by atoms with Crippen LogP contribution in [0.2, 0.25) is 0 Å². The number of ether oxygens (including phenoxy) is 1. The van der Waals surface area contributed by atoms with E-state index in [1.165, 1.54) is 12.8 Å². The Hall–Kier alpha value is -0.240. The van der Waals surface area contributed by atoms with Gasteiger partial charge in [-0.3, -0.25) is 4.79 Å². The zero-order valence-electron chi connectivity index (χ0n) is 7.38. The van der Waals surface area contributed by atoms with E-state index in [4.69, 9.17) is 16.3 Å². The summed E-state index contributed by atoms with van der Waals surface area (Å²) in [5, 5.41) is 0.189. The maximum Gasteiger partial charge on any atom is 0.305 e. The Labute approximate surface area is 78.2 Å². The maximum atomic E-state index is 10.9. The minimum Gasteiger partial charge on any atom is -0.466 e. The quantitative estimate of drug-likeness (QED) is 0.492. The van der Waals surface area contributed by atoms with Crippen molar-refractivity contribution >= 4 is 17.6 Å². The first-order valence-electron chi connectivity index (χ1n) is 4.53. The molecule has 1 aliphatic carbocycles. The van der Waals surface area contributed by atoms with Crippen molar-refractivity contribution in [2.75, 3.05) is 6.61 Å². The fourth-order valence-corrected chi connectivity index (χ4v) is 1.54. The maximum absolute atomic E-state index is 10.9. The summed E-state index contributed by atoms with van der Waals surface area (Å²) in [7, 11) is 0. The van der Waals surface area contributed by atoms with E-state index in [1.54, 1.807) is 0 Å². The van der Waals surface area contributed by atoms with E-state index in [0.29, 0.717) is 18.9 Å². The molecule has 2 nitrogen and oxygen atoms in total. The monoisotopic (exact) mass is 190 g/mol. The van der Waals surface area contributed by atoms with Crippen LogP contribution >= 0.6 is 11.6 Å². The van der Waals surface area contributed by atoms with Gasteiger partial charge in [-0.15, -0.1) is 11.6 Å². The molecule has 0 aromatic rings. The van der Waals surface area contributed by atoms with Crippen LogP contribution in [0.3, 0.4) is 0 Å². The van der Waals surface area contributed by atoms with Gasteiger partial charge in [-0.2, -0.15) is 0 Å². The van der Waals surface area contributed by atoms with Gasteiger partial charge >= 0.3 is 5.97 Å². The van der Waals surface area contributed by atoms with Crippen LogP contribution in [0, 0.1) is 5.92 Å². The Kier molecular flexibility index (Phi) is 3.86. The molecule has 1 atom stereocenters. The van der Waals surface area contributed by atoms with E-state index in [0.717, 1.165) is 6.42 Å². The smallest absolute Gasteiger partial charge is 0.305 e. The largest absolute Gasteiger partial charge is 0.466 e. The average Bonchev–Trinajstić information content (AvgIpc) is 2.83. The molecule has 1 fully saturated rings. The minimum atomic E-state index is -0.121. The number of carbonyl (C=O) groups excluding carboxylic acids is 1. The molecule has 0 bridgehead atoms. The summed E-state index contributed by atoms with van der Waals surface area (Å²) in [5.41, 5.74) is 0. The van der Waals surface area contributed by atoms with Crippen molar-refractivity contribution in [3.05, 3.63) is 0 Å². The molecule has 0 aliphatic heterocycles. The first-order valence-corrected chi connectivity index (χ1v) is 4.97. The molecule has 70 valence electrons. The molecule has 0 aromatic heterocycles. The second kappa shape index (κ2) is 4.70. The third-order valence-corrected chi connectivity index (χ3v) is 2.64. The van der Waals surface area contributed by atoms with Crippen molar-refractivity contribution in [1.29, 1.82) is 0 Å². The molecule has 1 unspecified atom stereocenters. The van der Waals surface area contributed by atoms with Gasteiger partial charge in [0.15, 0.2) is 0 Å². The predicted octanol–water partition coefficient (Wildman–Crippen LogP) is 2.35. The molecule has 0 aromatic carbocycles. The van der Waals surface area contributed by atoms with Gasteiger partial charge in [0.05, 0.1) is 6.61 Å². The molecule has 0 spiro atoms. The third-order valence-electron chi connectivity index (χ3n) is 2.06. The molecule has 0 radical (unpaired) electrons. The summed E-state index contributed by atoms with van der Waals surface area (Å²) >= 11 is 6.01. The fraction of sp³-hybridized carbons (Fsp3) is 0.889. The van der Waals surface area contributed by atoms with E-state index in [1.807, 2.05) is 6.92 Å². The van der Waals surface area contributed by atoms with Gasteiger partial charge in [0.1, 0.15) is 0 Å². The van der Waals surface area contributed by atoms with Crippen LogP contribution in [-0.2, 0) is 9.53 Å². The number of hydrogen-bond acceptors (Lipinski definition) is 2. The third kappa shape index (κ3) is 3.44. The second-order valence-corrected chi connectivity index (χ2v) is 3.76. The summed E-state index contributed by atoms with van der Waals surface area (Å²) in [5.74, 6) is 0.546. The zero-order chi connectivity index (χ0) is 8.97. The first kappa shape index (κ1) is 9.85. The van der Waals surface area contributed by atoms with Crippen molar-refractivity contribution in [3.63, 3.8) is 0 Å². The van der Waals surface area contributed by atoms with Crippen molar-refractivity contribution < 1.29 is 9.53 Å². The van der Waals surface area contributed by atoms with Gasteiger partial charge < -0.3 is 4.74 Å². The van der Waals surface area contributed by atoms with Crippen LogP contribution < -0.4 is 0 Å². The number of hydrogen-bond donors (Lipinski definition) is 0. The summed E-state index contributed by atoms with van der Waals surface area (Å²) in [4.78, 5) is 10.9. The molecule has 1 saturated carbocycles. The molecular weight excluding hydrogens is 176 g/mol. The highest BCUT2D eigenvalue weighted by Crippen LogP contribution is 2.37. The van der Waals surface area contributed by atoms with Gasteiger partial charge in [0.2, 0.25) is 0 Å². The van der Waals surface area contributed by atoms with Crippen LogP contribution in [0.4, 0.5) is 0 Å².